The van der Waals surface area contributed by atoms with Gasteiger partial charge in [0.1, 0.15) is 0 Å². The van der Waals surface area contributed by atoms with E-state index in [1.54, 1.807) is 0 Å². The summed E-state index contributed by atoms with van der Waals surface area (Å²) in [7, 11) is 0. The topological polar surface area (TPSA) is 50.3 Å². The smallest absolute Gasteiger partial charge is 0.225 e. The van der Waals surface area contributed by atoms with Crippen molar-refractivity contribution in [1.29, 1.82) is 0 Å². The third kappa shape index (κ3) is 4.76. The molecule has 2 heterocycles. The first-order valence-electron chi connectivity index (χ1n) is 6.93. The highest BCUT2D eigenvalue weighted by atomic mass is 16.5. The molecule has 106 valence electrons. The molecule has 0 unspecified atom stereocenters. The maximum absolute atomic E-state index is 5.44. The molecule has 0 saturated carbocycles. The second kappa shape index (κ2) is 6.30. The van der Waals surface area contributed by atoms with Gasteiger partial charge in [-0.3, -0.25) is 0 Å². The molecule has 0 bridgehead atoms. The number of nitrogens with zero attached hydrogens (tertiary/aromatic N) is 3. The standard InChI is InChI=1S/C14H24N4O/c1-14(2,3)17-11-12-9-15-13(16-10-12)18-5-4-7-19-8-6-18/h9-10,17H,4-8,11H2,1-3H3. The van der Waals surface area contributed by atoms with Crippen molar-refractivity contribution in [3.63, 3.8) is 0 Å². The van der Waals surface area contributed by atoms with Crippen LogP contribution in [0.5, 0.6) is 0 Å². The van der Waals surface area contributed by atoms with Crippen molar-refractivity contribution in [3.05, 3.63) is 18.0 Å². The van der Waals surface area contributed by atoms with Gasteiger partial charge in [0.25, 0.3) is 0 Å². The van der Waals surface area contributed by atoms with E-state index in [1.165, 1.54) is 0 Å². The van der Waals surface area contributed by atoms with Crippen LogP contribution in [0.1, 0.15) is 32.8 Å². The molecule has 1 fully saturated rings. The van der Waals surface area contributed by atoms with E-state index < -0.39 is 0 Å². The fourth-order valence-electron chi connectivity index (χ4n) is 1.92. The van der Waals surface area contributed by atoms with Crippen molar-refractivity contribution < 1.29 is 4.74 Å². The zero-order valence-corrected chi connectivity index (χ0v) is 12.1. The summed E-state index contributed by atoms with van der Waals surface area (Å²) in [6.07, 6.45) is 4.86. The molecule has 0 spiro atoms. The highest BCUT2D eigenvalue weighted by Gasteiger charge is 2.13. The molecule has 1 saturated heterocycles. The van der Waals surface area contributed by atoms with Gasteiger partial charge in [0.2, 0.25) is 5.95 Å². The molecule has 1 aromatic rings. The van der Waals surface area contributed by atoms with Crippen molar-refractivity contribution in [3.8, 4) is 0 Å². The largest absolute Gasteiger partial charge is 0.380 e. The van der Waals surface area contributed by atoms with Crippen molar-refractivity contribution in [2.45, 2.75) is 39.3 Å². The summed E-state index contributed by atoms with van der Waals surface area (Å²) in [5, 5.41) is 3.43. The van der Waals surface area contributed by atoms with Crippen LogP contribution in [0.15, 0.2) is 12.4 Å². The van der Waals surface area contributed by atoms with Crippen LogP contribution in [-0.2, 0) is 11.3 Å². The highest BCUT2D eigenvalue weighted by Crippen LogP contribution is 2.10. The average Bonchev–Trinajstić information content (AvgIpc) is 2.65. The van der Waals surface area contributed by atoms with E-state index in [-0.39, 0.29) is 5.54 Å². The lowest BCUT2D eigenvalue weighted by Crippen LogP contribution is -2.35. The Morgan fingerprint density at radius 1 is 1.21 bits per heavy atom. The van der Waals surface area contributed by atoms with Crippen molar-refractivity contribution in [2.24, 2.45) is 0 Å². The SMILES string of the molecule is CC(C)(C)NCc1cnc(N2CCCOCC2)nc1. The molecule has 5 nitrogen and oxygen atoms in total. The predicted molar refractivity (Wildman–Crippen MR) is 76.3 cm³/mol. The molecular formula is C14H24N4O. The molecule has 2 rings (SSSR count). The number of aromatic nitrogens is 2. The van der Waals surface area contributed by atoms with Gasteiger partial charge < -0.3 is 15.0 Å². The Hall–Kier alpha value is -1.20. The van der Waals surface area contributed by atoms with E-state index in [2.05, 4.69) is 41.0 Å². The summed E-state index contributed by atoms with van der Waals surface area (Å²) in [6, 6.07) is 0. The summed E-state index contributed by atoms with van der Waals surface area (Å²) in [5.41, 5.74) is 1.23. The lowest BCUT2D eigenvalue weighted by atomic mass is 10.1. The van der Waals surface area contributed by atoms with Crippen LogP contribution in [0.3, 0.4) is 0 Å². The number of ether oxygens (including phenoxy) is 1. The van der Waals surface area contributed by atoms with Gasteiger partial charge in [-0.2, -0.15) is 0 Å². The summed E-state index contributed by atoms with van der Waals surface area (Å²) in [5.74, 6) is 0.810. The van der Waals surface area contributed by atoms with Crippen molar-refractivity contribution in [1.82, 2.24) is 15.3 Å². The quantitative estimate of drug-likeness (QED) is 0.898. The molecule has 0 aromatic carbocycles. The van der Waals surface area contributed by atoms with Gasteiger partial charge in [0.05, 0.1) is 6.61 Å². The van der Waals surface area contributed by atoms with Gasteiger partial charge in [0, 0.05) is 49.7 Å². The zero-order valence-electron chi connectivity index (χ0n) is 12.1. The maximum atomic E-state index is 5.44. The molecule has 5 heteroatoms. The molecule has 0 atom stereocenters. The first-order valence-corrected chi connectivity index (χ1v) is 6.93. The Balaban J connectivity index is 1.93. The zero-order chi connectivity index (χ0) is 13.7. The second-order valence-electron chi connectivity index (χ2n) is 5.95. The summed E-state index contributed by atoms with van der Waals surface area (Å²) >= 11 is 0. The Morgan fingerprint density at radius 2 is 1.95 bits per heavy atom. The van der Waals surface area contributed by atoms with E-state index in [4.69, 9.17) is 4.74 Å². The van der Waals surface area contributed by atoms with Crippen LogP contribution in [-0.4, -0.2) is 41.8 Å². The second-order valence-corrected chi connectivity index (χ2v) is 5.95. The number of rotatable bonds is 3. The minimum atomic E-state index is 0.112. The normalized spacial score (nSPS) is 17.3. The van der Waals surface area contributed by atoms with Gasteiger partial charge in [-0.25, -0.2) is 9.97 Å². The molecule has 1 N–H and O–H groups in total. The lowest BCUT2D eigenvalue weighted by molar-refractivity contribution is 0.152. The molecule has 0 amide bonds. The van der Waals surface area contributed by atoms with Gasteiger partial charge >= 0.3 is 0 Å². The minimum absolute atomic E-state index is 0.112. The number of nitrogens with one attached hydrogen (secondary N) is 1. The molecule has 1 aliphatic rings. The molecule has 1 aromatic heterocycles. The first kappa shape index (κ1) is 14.2. The lowest BCUT2D eigenvalue weighted by Gasteiger charge is -2.21. The monoisotopic (exact) mass is 264 g/mol. The minimum Gasteiger partial charge on any atom is -0.380 e. The van der Waals surface area contributed by atoms with Crippen LogP contribution < -0.4 is 10.2 Å². The Labute approximate surface area is 115 Å². The van der Waals surface area contributed by atoms with Crippen molar-refractivity contribution >= 4 is 5.95 Å². The first-order chi connectivity index (χ1) is 9.04. The maximum Gasteiger partial charge on any atom is 0.225 e. The van der Waals surface area contributed by atoms with Gasteiger partial charge in [0.15, 0.2) is 0 Å². The van der Waals surface area contributed by atoms with E-state index in [0.29, 0.717) is 0 Å². The Bertz CT molecular complexity index is 377. The fraction of sp³-hybridized carbons (Fsp3) is 0.714. The molecule has 19 heavy (non-hydrogen) atoms. The number of hydrogen-bond acceptors (Lipinski definition) is 5. The number of anilines is 1. The fourth-order valence-corrected chi connectivity index (χ4v) is 1.92. The van der Waals surface area contributed by atoms with E-state index in [1.807, 2.05) is 12.4 Å². The van der Waals surface area contributed by atoms with Gasteiger partial charge in [-0.1, -0.05) is 0 Å². The van der Waals surface area contributed by atoms with E-state index >= 15 is 0 Å². The Kier molecular flexibility index (Phi) is 4.71. The van der Waals surface area contributed by atoms with Crippen molar-refractivity contribution in [2.75, 3.05) is 31.2 Å². The molecule has 0 radical (unpaired) electrons. The summed E-state index contributed by atoms with van der Waals surface area (Å²) < 4.78 is 5.44. The molecule has 0 aliphatic carbocycles. The summed E-state index contributed by atoms with van der Waals surface area (Å²) in [4.78, 5) is 11.1. The van der Waals surface area contributed by atoms with Crippen LogP contribution in [0.2, 0.25) is 0 Å². The van der Waals surface area contributed by atoms with E-state index in [0.717, 1.165) is 50.8 Å². The number of hydrogen-bond donors (Lipinski definition) is 1. The van der Waals surface area contributed by atoms with Gasteiger partial charge in [-0.15, -0.1) is 0 Å². The van der Waals surface area contributed by atoms with Crippen LogP contribution >= 0.6 is 0 Å². The third-order valence-corrected chi connectivity index (χ3v) is 3.02. The predicted octanol–water partition coefficient (Wildman–Crippen LogP) is 1.59. The van der Waals surface area contributed by atoms with E-state index in [9.17, 15) is 0 Å². The highest BCUT2D eigenvalue weighted by molar-refractivity contribution is 5.29. The van der Waals surface area contributed by atoms with Crippen LogP contribution in [0.4, 0.5) is 5.95 Å². The van der Waals surface area contributed by atoms with Crippen LogP contribution in [0.25, 0.3) is 0 Å². The van der Waals surface area contributed by atoms with Gasteiger partial charge in [-0.05, 0) is 27.2 Å². The molecule has 1 aliphatic heterocycles. The third-order valence-electron chi connectivity index (χ3n) is 3.02. The Morgan fingerprint density at radius 3 is 2.63 bits per heavy atom. The average molecular weight is 264 g/mol. The van der Waals surface area contributed by atoms with Crippen LogP contribution in [0, 0.1) is 0 Å². The summed E-state index contributed by atoms with van der Waals surface area (Å²) in [6.45, 7) is 10.7. The molecular weight excluding hydrogens is 240 g/mol.